The van der Waals surface area contributed by atoms with Gasteiger partial charge >= 0.3 is 0 Å². The van der Waals surface area contributed by atoms with Crippen LogP contribution in [0, 0.1) is 0 Å². The standard InChI is InChI=1S/C12H16N2O/c15-10-14-8-4-7-12(14)9-13-11-5-2-1-3-6-11/h1-3,5-6,10,12-13H,4,7-9H2. The highest BCUT2D eigenvalue weighted by molar-refractivity contribution is 5.49. The van der Waals surface area contributed by atoms with Crippen LogP contribution in [0.15, 0.2) is 30.3 Å². The Morgan fingerprint density at radius 2 is 2.20 bits per heavy atom. The van der Waals surface area contributed by atoms with E-state index in [2.05, 4.69) is 5.32 Å². The molecule has 0 saturated carbocycles. The van der Waals surface area contributed by atoms with Crippen molar-refractivity contribution in [1.29, 1.82) is 0 Å². The molecular weight excluding hydrogens is 188 g/mol. The van der Waals surface area contributed by atoms with Crippen LogP contribution in [0.4, 0.5) is 5.69 Å². The third-order valence-corrected chi connectivity index (χ3v) is 2.87. The van der Waals surface area contributed by atoms with E-state index in [1.165, 1.54) is 0 Å². The smallest absolute Gasteiger partial charge is 0.210 e. The number of benzene rings is 1. The van der Waals surface area contributed by atoms with Crippen LogP contribution in [0.3, 0.4) is 0 Å². The number of rotatable bonds is 4. The van der Waals surface area contributed by atoms with Crippen LogP contribution in [-0.4, -0.2) is 30.4 Å². The lowest BCUT2D eigenvalue weighted by Gasteiger charge is -2.20. The topological polar surface area (TPSA) is 32.3 Å². The molecule has 1 amide bonds. The Labute approximate surface area is 90.1 Å². The van der Waals surface area contributed by atoms with Crippen molar-refractivity contribution in [3.05, 3.63) is 30.3 Å². The summed E-state index contributed by atoms with van der Waals surface area (Å²) in [5.41, 5.74) is 1.12. The molecule has 1 heterocycles. The second-order valence-corrected chi connectivity index (χ2v) is 3.89. The van der Waals surface area contributed by atoms with Crippen molar-refractivity contribution < 1.29 is 4.79 Å². The van der Waals surface area contributed by atoms with E-state index in [0.29, 0.717) is 6.04 Å². The minimum absolute atomic E-state index is 0.364. The number of nitrogens with zero attached hydrogens (tertiary/aromatic N) is 1. The molecule has 0 spiro atoms. The molecule has 1 N–H and O–H groups in total. The van der Waals surface area contributed by atoms with Gasteiger partial charge in [0.1, 0.15) is 0 Å². The zero-order valence-electron chi connectivity index (χ0n) is 8.73. The average molecular weight is 204 g/mol. The minimum atomic E-state index is 0.364. The maximum atomic E-state index is 10.7. The number of amides is 1. The molecule has 1 aliphatic heterocycles. The Morgan fingerprint density at radius 1 is 1.40 bits per heavy atom. The first-order chi connectivity index (χ1) is 7.40. The molecule has 1 aromatic carbocycles. The lowest BCUT2D eigenvalue weighted by molar-refractivity contribution is -0.118. The van der Waals surface area contributed by atoms with Gasteiger partial charge in [0.25, 0.3) is 0 Å². The van der Waals surface area contributed by atoms with Gasteiger partial charge in [0.2, 0.25) is 6.41 Å². The Morgan fingerprint density at radius 3 is 2.93 bits per heavy atom. The van der Waals surface area contributed by atoms with Crippen LogP contribution in [0.2, 0.25) is 0 Å². The third-order valence-electron chi connectivity index (χ3n) is 2.87. The van der Waals surface area contributed by atoms with Crippen LogP contribution >= 0.6 is 0 Å². The number of carbonyl (C=O) groups is 1. The molecule has 15 heavy (non-hydrogen) atoms. The molecule has 1 fully saturated rings. The first-order valence-electron chi connectivity index (χ1n) is 5.40. The fourth-order valence-corrected chi connectivity index (χ4v) is 2.01. The summed E-state index contributed by atoms with van der Waals surface area (Å²) in [6.07, 6.45) is 3.20. The van der Waals surface area contributed by atoms with Gasteiger partial charge in [0.05, 0.1) is 0 Å². The molecule has 1 aromatic rings. The molecule has 1 aliphatic rings. The molecule has 0 bridgehead atoms. The van der Waals surface area contributed by atoms with Crippen molar-refractivity contribution in [1.82, 2.24) is 4.90 Å². The summed E-state index contributed by atoms with van der Waals surface area (Å²) in [6.45, 7) is 1.76. The molecule has 80 valence electrons. The van der Waals surface area contributed by atoms with E-state index in [9.17, 15) is 4.79 Å². The molecule has 0 aliphatic carbocycles. The second kappa shape index (κ2) is 4.82. The second-order valence-electron chi connectivity index (χ2n) is 3.89. The van der Waals surface area contributed by atoms with E-state index >= 15 is 0 Å². The number of hydrogen-bond donors (Lipinski definition) is 1. The first kappa shape index (κ1) is 10.0. The van der Waals surface area contributed by atoms with Gasteiger partial charge in [0.15, 0.2) is 0 Å². The molecular formula is C12H16N2O. The predicted octanol–water partition coefficient (Wildman–Crippen LogP) is 1.72. The van der Waals surface area contributed by atoms with Crippen LogP contribution < -0.4 is 5.32 Å². The van der Waals surface area contributed by atoms with Gasteiger partial charge < -0.3 is 10.2 Å². The molecule has 1 unspecified atom stereocenters. The summed E-state index contributed by atoms with van der Waals surface area (Å²) >= 11 is 0. The number of carbonyl (C=O) groups excluding carboxylic acids is 1. The van der Waals surface area contributed by atoms with Crippen LogP contribution in [-0.2, 0) is 4.79 Å². The molecule has 2 rings (SSSR count). The molecule has 3 heteroatoms. The van der Waals surface area contributed by atoms with Crippen LogP contribution in [0.5, 0.6) is 0 Å². The summed E-state index contributed by atoms with van der Waals surface area (Å²) < 4.78 is 0. The highest BCUT2D eigenvalue weighted by Crippen LogP contribution is 2.16. The lowest BCUT2D eigenvalue weighted by atomic mass is 10.2. The van der Waals surface area contributed by atoms with Crippen molar-refractivity contribution in [2.45, 2.75) is 18.9 Å². The summed E-state index contributed by atoms with van der Waals surface area (Å²) in [7, 11) is 0. The summed E-state index contributed by atoms with van der Waals surface area (Å²) in [5.74, 6) is 0. The highest BCUT2D eigenvalue weighted by atomic mass is 16.1. The Balaban J connectivity index is 1.85. The van der Waals surface area contributed by atoms with E-state index in [0.717, 1.165) is 38.0 Å². The van der Waals surface area contributed by atoms with E-state index < -0.39 is 0 Å². The molecule has 3 nitrogen and oxygen atoms in total. The maximum absolute atomic E-state index is 10.7. The van der Waals surface area contributed by atoms with Crippen molar-refractivity contribution in [3.8, 4) is 0 Å². The summed E-state index contributed by atoms with van der Waals surface area (Å²) in [5, 5.41) is 3.35. The average Bonchev–Trinajstić information content (AvgIpc) is 2.75. The fourth-order valence-electron chi connectivity index (χ4n) is 2.01. The number of hydrogen-bond acceptors (Lipinski definition) is 2. The number of para-hydroxylation sites is 1. The third kappa shape index (κ3) is 2.49. The van der Waals surface area contributed by atoms with E-state index in [-0.39, 0.29) is 0 Å². The quantitative estimate of drug-likeness (QED) is 0.757. The zero-order chi connectivity index (χ0) is 10.5. The monoisotopic (exact) mass is 204 g/mol. The molecule has 1 saturated heterocycles. The van der Waals surface area contributed by atoms with Gasteiger partial charge in [-0.3, -0.25) is 4.79 Å². The van der Waals surface area contributed by atoms with E-state index in [4.69, 9.17) is 0 Å². The van der Waals surface area contributed by atoms with Crippen molar-refractivity contribution in [2.24, 2.45) is 0 Å². The number of anilines is 1. The van der Waals surface area contributed by atoms with Crippen LogP contribution in [0.25, 0.3) is 0 Å². The normalized spacial score (nSPS) is 20.3. The van der Waals surface area contributed by atoms with Crippen molar-refractivity contribution in [3.63, 3.8) is 0 Å². The van der Waals surface area contributed by atoms with Gasteiger partial charge in [-0.25, -0.2) is 0 Å². The summed E-state index contributed by atoms with van der Waals surface area (Å²) in [4.78, 5) is 12.6. The fraction of sp³-hybridized carbons (Fsp3) is 0.417. The maximum Gasteiger partial charge on any atom is 0.210 e. The Kier molecular flexibility index (Phi) is 3.22. The number of likely N-dealkylation sites (tertiary alicyclic amines) is 1. The van der Waals surface area contributed by atoms with E-state index in [1.54, 1.807) is 0 Å². The van der Waals surface area contributed by atoms with Crippen molar-refractivity contribution in [2.75, 3.05) is 18.4 Å². The van der Waals surface area contributed by atoms with Crippen LogP contribution in [0.1, 0.15) is 12.8 Å². The minimum Gasteiger partial charge on any atom is -0.383 e. The van der Waals surface area contributed by atoms with E-state index in [1.807, 2.05) is 35.2 Å². The Bertz CT molecular complexity index is 313. The van der Waals surface area contributed by atoms with Gasteiger partial charge in [0, 0.05) is 24.8 Å². The van der Waals surface area contributed by atoms with Gasteiger partial charge in [-0.2, -0.15) is 0 Å². The lowest BCUT2D eigenvalue weighted by Crippen LogP contribution is -2.33. The largest absolute Gasteiger partial charge is 0.383 e. The Hall–Kier alpha value is -1.51. The molecule has 0 aromatic heterocycles. The number of nitrogens with one attached hydrogen (secondary N) is 1. The molecule has 0 radical (unpaired) electrons. The zero-order valence-corrected chi connectivity index (χ0v) is 8.73. The van der Waals surface area contributed by atoms with Gasteiger partial charge in [-0.1, -0.05) is 18.2 Å². The molecule has 1 atom stereocenters. The van der Waals surface area contributed by atoms with Gasteiger partial charge in [-0.05, 0) is 25.0 Å². The SMILES string of the molecule is O=CN1CCCC1CNc1ccccc1. The predicted molar refractivity (Wildman–Crippen MR) is 60.7 cm³/mol. The highest BCUT2D eigenvalue weighted by Gasteiger charge is 2.22. The van der Waals surface area contributed by atoms with Gasteiger partial charge in [-0.15, -0.1) is 0 Å². The first-order valence-corrected chi connectivity index (χ1v) is 5.40. The van der Waals surface area contributed by atoms with Crippen molar-refractivity contribution >= 4 is 12.1 Å². The summed E-state index contributed by atoms with van der Waals surface area (Å²) in [6, 6.07) is 10.5.